The fourth-order valence-electron chi connectivity index (χ4n) is 2.24. The summed E-state index contributed by atoms with van der Waals surface area (Å²) < 4.78 is 0.956. The Kier molecular flexibility index (Phi) is 3.53. The molecule has 5 nitrogen and oxygen atoms in total. The fourth-order valence-corrected chi connectivity index (χ4v) is 2.24. The lowest BCUT2D eigenvalue weighted by atomic mass is 9.99. The van der Waals surface area contributed by atoms with Crippen LogP contribution < -0.4 is 11.4 Å². The summed E-state index contributed by atoms with van der Waals surface area (Å²) in [5, 5.41) is 0. The number of nitrogens with zero attached hydrogens (tertiary/aromatic N) is 2. The molecule has 0 fully saturated rings. The molecular weight excluding hydrogens is 278 g/mol. The van der Waals surface area contributed by atoms with Crippen LogP contribution in [-0.4, -0.2) is 15.5 Å². The summed E-state index contributed by atoms with van der Waals surface area (Å²) in [5.74, 6) is -0.345. The smallest absolute Gasteiger partial charge is 0.356 e. The van der Waals surface area contributed by atoms with Crippen LogP contribution in [0.3, 0.4) is 0 Å². The molecule has 5 heteroatoms. The summed E-state index contributed by atoms with van der Waals surface area (Å²) in [5.41, 5.74) is 6.86. The second kappa shape index (κ2) is 5.65. The lowest BCUT2D eigenvalue weighted by Gasteiger charge is -2.10. The van der Waals surface area contributed by atoms with Crippen molar-refractivity contribution < 1.29 is 4.79 Å². The Morgan fingerprint density at radius 3 is 2.36 bits per heavy atom. The zero-order valence-electron chi connectivity index (χ0n) is 11.6. The number of aromatic nitrogens is 2. The second-order valence-electron chi connectivity index (χ2n) is 4.72. The van der Waals surface area contributed by atoms with Crippen LogP contribution in [0.15, 0.2) is 71.7 Å². The van der Waals surface area contributed by atoms with Crippen molar-refractivity contribution in [3.63, 3.8) is 0 Å². The third-order valence-corrected chi connectivity index (χ3v) is 3.29. The van der Waals surface area contributed by atoms with Crippen molar-refractivity contribution >= 4 is 11.7 Å². The highest BCUT2D eigenvalue weighted by atomic mass is 16.2. The molecule has 1 aromatic heterocycles. The van der Waals surface area contributed by atoms with E-state index in [0.717, 1.165) is 15.7 Å². The predicted molar refractivity (Wildman–Crippen MR) is 84.5 cm³/mol. The molecular formula is C17H13N3O2. The summed E-state index contributed by atoms with van der Waals surface area (Å²) in [7, 11) is 0. The van der Waals surface area contributed by atoms with Crippen LogP contribution in [0.2, 0.25) is 0 Å². The largest absolute Gasteiger partial charge is 0.383 e. The van der Waals surface area contributed by atoms with Gasteiger partial charge in [-0.05, 0) is 23.3 Å². The molecule has 0 aliphatic heterocycles. The molecule has 1 heterocycles. The van der Waals surface area contributed by atoms with E-state index < -0.39 is 11.6 Å². The average Bonchev–Trinajstić information content (AvgIpc) is 2.55. The fraction of sp³-hybridized carbons (Fsp3) is 0. The predicted octanol–water partition coefficient (Wildman–Crippen LogP) is 2.18. The maximum Gasteiger partial charge on any atom is 0.356 e. The minimum Gasteiger partial charge on any atom is -0.383 e. The van der Waals surface area contributed by atoms with Crippen molar-refractivity contribution in [1.29, 1.82) is 0 Å². The first-order valence-corrected chi connectivity index (χ1v) is 6.71. The van der Waals surface area contributed by atoms with E-state index in [-0.39, 0.29) is 5.82 Å². The van der Waals surface area contributed by atoms with Crippen LogP contribution in [-0.2, 0) is 0 Å². The number of nitrogens with two attached hydrogens (primary N) is 1. The molecule has 0 bridgehead atoms. The van der Waals surface area contributed by atoms with E-state index in [1.165, 1.54) is 12.3 Å². The number of nitrogen functional groups attached to an aromatic ring is 1. The highest BCUT2D eigenvalue weighted by molar-refractivity contribution is 6.02. The summed E-state index contributed by atoms with van der Waals surface area (Å²) in [4.78, 5) is 28.1. The monoisotopic (exact) mass is 291 g/mol. The number of hydrogen-bond acceptors (Lipinski definition) is 4. The Hall–Kier alpha value is -3.21. The molecule has 0 spiro atoms. The molecule has 108 valence electrons. The zero-order valence-corrected chi connectivity index (χ0v) is 11.6. The summed E-state index contributed by atoms with van der Waals surface area (Å²) in [6.45, 7) is 0. The van der Waals surface area contributed by atoms with Gasteiger partial charge in [-0.1, -0.05) is 48.5 Å². The van der Waals surface area contributed by atoms with Crippen LogP contribution in [0.25, 0.3) is 11.1 Å². The van der Waals surface area contributed by atoms with Gasteiger partial charge in [-0.25, -0.2) is 9.36 Å². The lowest BCUT2D eigenvalue weighted by molar-refractivity contribution is 0.0955. The topological polar surface area (TPSA) is 78.0 Å². The maximum atomic E-state index is 12.7. The van der Waals surface area contributed by atoms with Crippen LogP contribution in [0, 0.1) is 0 Å². The quantitative estimate of drug-likeness (QED) is 0.785. The van der Waals surface area contributed by atoms with Crippen molar-refractivity contribution in [2.75, 3.05) is 5.73 Å². The Morgan fingerprint density at radius 1 is 0.955 bits per heavy atom. The van der Waals surface area contributed by atoms with Crippen molar-refractivity contribution in [3.05, 3.63) is 82.9 Å². The molecule has 3 aromatic rings. The highest BCUT2D eigenvalue weighted by Gasteiger charge is 2.15. The first kappa shape index (κ1) is 13.8. The molecule has 22 heavy (non-hydrogen) atoms. The van der Waals surface area contributed by atoms with E-state index >= 15 is 0 Å². The van der Waals surface area contributed by atoms with Gasteiger partial charge >= 0.3 is 5.69 Å². The van der Waals surface area contributed by atoms with Gasteiger partial charge in [0, 0.05) is 11.8 Å². The number of carbonyl (C=O) groups is 1. The van der Waals surface area contributed by atoms with Crippen molar-refractivity contribution in [2.24, 2.45) is 0 Å². The van der Waals surface area contributed by atoms with Gasteiger partial charge in [-0.15, -0.1) is 0 Å². The van der Waals surface area contributed by atoms with Crippen LogP contribution in [0.1, 0.15) is 10.4 Å². The van der Waals surface area contributed by atoms with E-state index in [1.54, 1.807) is 12.1 Å². The van der Waals surface area contributed by atoms with Gasteiger partial charge in [0.05, 0.1) is 0 Å². The molecule has 0 aliphatic carbocycles. The van der Waals surface area contributed by atoms with Gasteiger partial charge < -0.3 is 5.73 Å². The first-order valence-electron chi connectivity index (χ1n) is 6.71. The van der Waals surface area contributed by atoms with E-state index in [2.05, 4.69) is 4.98 Å². The van der Waals surface area contributed by atoms with Crippen molar-refractivity contribution in [2.45, 2.75) is 0 Å². The van der Waals surface area contributed by atoms with E-state index in [4.69, 9.17) is 5.73 Å². The van der Waals surface area contributed by atoms with Gasteiger partial charge in [-0.3, -0.25) is 4.79 Å². The van der Waals surface area contributed by atoms with Crippen molar-refractivity contribution in [1.82, 2.24) is 9.55 Å². The number of carbonyl (C=O) groups excluding carboxylic acids is 1. The van der Waals surface area contributed by atoms with Crippen molar-refractivity contribution in [3.8, 4) is 11.1 Å². The van der Waals surface area contributed by atoms with Crippen LogP contribution in [0.5, 0.6) is 0 Å². The van der Waals surface area contributed by atoms with E-state index in [0.29, 0.717) is 5.56 Å². The second-order valence-corrected chi connectivity index (χ2v) is 4.72. The number of hydrogen-bond donors (Lipinski definition) is 1. The van der Waals surface area contributed by atoms with Gasteiger partial charge in [0.2, 0.25) is 0 Å². The Balaban J connectivity index is 2.13. The normalized spacial score (nSPS) is 10.4. The Labute approximate surface area is 126 Å². The average molecular weight is 291 g/mol. The van der Waals surface area contributed by atoms with E-state index in [1.807, 2.05) is 42.5 Å². The number of benzene rings is 2. The molecule has 0 aliphatic rings. The molecule has 2 aromatic carbocycles. The SMILES string of the molecule is Nc1ccn(C(=O)c2ccccc2-c2ccccc2)c(=O)n1. The Morgan fingerprint density at radius 2 is 1.64 bits per heavy atom. The molecule has 3 rings (SSSR count). The third-order valence-electron chi connectivity index (χ3n) is 3.29. The summed E-state index contributed by atoms with van der Waals surface area (Å²) >= 11 is 0. The minimum atomic E-state index is -0.687. The highest BCUT2D eigenvalue weighted by Crippen LogP contribution is 2.23. The molecule has 0 unspecified atom stereocenters. The molecule has 2 N–H and O–H groups in total. The van der Waals surface area contributed by atoms with Crippen LogP contribution >= 0.6 is 0 Å². The molecule has 0 amide bonds. The molecule has 0 radical (unpaired) electrons. The Bertz CT molecular complexity index is 886. The minimum absolute atomic E-state index is 0.0883. The molecule has 0 saturated carbocycles. The molecule has 0 saturated heterocycles. The van der Waals surface area contributed by atoms with Gasteiger partial charge in [0.1, 0.15) is 5.82 Å². The van der Waals surface area contributed by atoms with Gasteiger partial charge in [-0.2, -0.15) is 4.98 Å². The van der Waals surface area contributed by atoms with Gasteiger partial charge in [0.15, 0.2) is 0 Å². The van der Waals surface area contributed by atoms with Crippen LogP contribution in [0.4, 0.5) is 5.82 Å². The number of rotatable bonds is 2. The van der Waals surface area contributed by atoms with E-state index in [9.17, 15) is 9.59 Å². The standard InChI is InChI=1S/C17H13N3O2/c18-15-10-11-20(17(22)19-15)16(21)14-9-5-4-8-13(14)12-6-2-1-3-7-12/h1-11H,(H2,18,19,22). The lowest BCUT2D eigenvalue weighted by Crippen LogP contribution is -2.29. The van der Waals surface area contributed by atoms with Gasteiger partial charge in [0.25, 0.3) is 5.91 Å². The third kappa shape index (κ3) is 2.52. The number of anilines is 1. The summed E-state index contributed by atoms with van der Waals surface area (Å²) in [6, 6.07) is 18.1. The maximum absolute atomic E-state index is 12.7. The first-order chi connectivity index (χ1) is 10.7. The molecule has 0 atom stereocenters. The zero-order chi connectivity index (χ0) is 15.5. The summed E-state index contributed by atoms with van der Waals surface area (Å²) in [6.07, 6.45) is 1.34.